The summed E-state index contributed by atoms with van der Waals surface area (Å²) in [5, 5.41) is 6.94. The number of methoxy groups -OCH3 is 1. The molecule has 3 rings (SSSR count). The van der Waals surface area contributed by atoms with Crippen molar-refractivity contribution in [3.05, 3.63) is 45.0 Å². The maximum absolute atomic E-state index is 12.4. The van der Waals surface area contributed by atoms with Gasteiger partial charge >= 0.3 is 11.1 Å². The van der Waals surface area contributed by atoms with Crippen LogP contribution in [0.25, 0.3) is 0 Å². The van der Waals surface area contributed by atoms with E-state index in [0.717, 1.165) is 22.5 Å². The number of hydrogen-bond donors (Lipinski definition) is 1. The van der Waals surface area contributed by atoms with Gasteiger partial charge in [0, 0.05) is 25.3 Å². The molecule has 1 aliphatic rings. The quantitative estimate of drug-likeness (QED) is 0.734. The van der Waals surface area contributed by atoms with Gasteiger partial charge in [0.1, 0.15) is 12.3 Å². The van der Waals surface area contributed by atoms with Crippen LogP contribution in [0, 0.1) is 0 Å². The van der Waals surface area contributed by atoms with Crippen LogP contribution in [0.2, 0.25) is 0 Å². The molecule has 0 aliphatic carbocycles. The van der Waals surface area contributed by atoms with Crippen molar-refractivity contribution >= 4 is 17.5 Å². The summed E-state index contributed by atoms with van der Waals surface area (Å²) in [6.07, 6.45) is 0.784. The molecule has 1 amide bonds. The smallest absolute Gasteiger partial charge is 0.333 e. The maximum Gasteiger partial charge on any atom is 0.333 e. The number of anilines is 2. The summed E-state index contributed by atoms with van der Waals surface area (Å²) >= 11 is 0. The number of rotatable bonds is 6. The van der Waals surface area contributed by atoms with E-state index in [0.29, 0.717) is 25.6 Å². The Kier molecular flexibility index (Phi) is 5.06. The number of nitrogens with zero attached hydrogens (tertiary/aromatic N) is 4. The lowest BCUT2D eigenvalue weighted by atomic mass is 10.3. The molecule has 0 fully saturated rings. The molecule has 0 saturated carbocycles. The minimum Gasteiger partial charge on any atom is -0.497 e. The number of benzene rings is 1. The van der Waals surface area contributed by atoms with Crippen LogP contribution in [0.15, 0.2) is 33.9 Å². The Morgan fingerprint density at radius 3 is 2.58 bits per heavy atom. The second-order valence-corrected chi connectivity index (χ2v) is 5.92. The summed E-state index contributed by atoms with van der Waals surface area (Å²) in [6, 6.07) is 7.32. The van der Waals surface area contributed by atoms with Gasteiger partial charge in [-0.3, -0.25) is 19.0 Å². The first-order valence-electron chi connectivity index (χ1n) is 8.45. The Hall–Kier alpha value is -3.10. The summed E-state index contributed by atoms with van der Waals surface area (Å²) in [6.45, 7) is 3.04. The van der Waals surface area contributed by atoms with Crippen LogP contribution in [-0.2, 0) is 17.9 Å². The SMILES string of the molecule is CCCNC(=O)Cn1nc2n(c(=O)c1=O)CCN2c1ccc(OC)cc1. The number of amides is 1. The molecule has 2 aromatic rings. The Bertz CT molecular complexity index is 916. The second kappa shape index (κ2) is 7.42. The van der Waals surface area contributed by atoms with Crippen molar-refractivity contribution in [3.63, 3.8) is 0 Å². The van der Waals surface area contributed by atoms with Gasteiger partial charge in [-0.1, -0.05) is 6.92 Å². The van der Waals surface area contributed by atoms with Gasteiger partial charge in [-0.2, -0.15) is 0 Å². The van der Waals surface area contributed by atoms with Crippen LogP contribution in [0.3, 0.4) is 0 Å². The van der Waals surface area contributed by atoms with Crippen molar-refractivity contribution in [2.75, 3.05) is 25.1 Å². The molecular formula is C17H21N5O4. The van der Waals surface area contributed by atoms with Gasteiger partial charge in [-0.05, 0) is 30.7 Å². The van der Waals surface area contributed by atoms with E-state index in [1.807, 2.05) is 36.1 Å². The zero-order valence-corrected chi connectivity index (χ0v) is 14.8. The zero-order valence-electron chi connectivity index (χ0n) is 14.8. The predicted molar refractivity (Wildman–Crippen MR) is 96.1 cm³/mol. The topological polar surface area (TPSA) is 98.5 Å². The standard InChI is InChI=1S/C17H21N5O4/c1-3-8-18-14(23)11-22-16(25)15(24)21-10-9-20(17(21)19-22)12-4-6-13(26-2)7-5-12/h4-7H,3,8-11H2,1-2H3,(H,18,23). The monoisotopic (exact) mass is 359 g/mol. The number of aromatic nitrogens is 3. The third-order valence-electron chi connectivity index (χ3n) is 4.15. The third kappa shape index (κ3) is 3.32. The Labute approximate surface area is 149 Å². The van der Waals surface area contributed by atoms with Crippen molar-refractivity contribution < 1.29 is 9.53 Å². The number of ether oxygens (including phenoxy) is 1. The second-order valence-electron chi connectivity index (χ2n) is 5.92. The Balaban J connectivity index is 1.94. The molecule has 2 heterocycles. The average Bonchev–Trinajstić information content (AvgIpc) is 3.08. The molecule has 138 valence electrons. The first-order valence-corrected chi connectivity index (χ1v) is 8.45. The van der Waals surface area contributed by atoms with E-state index in [4.69, 9.17) is 4.74 Å². The summed E-state index contributed by atoms with van der Waals surface area (Å²) in [7, 11) is 1.59. The van der Waals surface area contributed by atoms with Crippen LogP contribution in [0.5, 0.6) is 5.75 Å². The van der Waals surface area contributed by atoms with Crippen LogP contribution >= 0.6 is 0 Å². The molecular weight excluding hydrogens is 338 g/mol. The summed E-state index contributed by atoms with van der Waals surface area (Å²) in [4.78, 5) is 38.3. The molecule has 0 bridgehead atoms. The highest BCUT2D eigenvalue weighted by molar-refractivity contribution is 5.75. The highest BCUT2D eigenvalue weighted by Gasteiger charge is 2.26. The van der Waals surface area contributed by atoms with E-state index in [1.54, 1.807) is 7.11 Å². The van der Waals surface area contributed by atoms with E-state index in [-0.39, 0.29) is 12.5 Å². The highest BCUT2D eigenvalue weighted by Crippen LogP contribution is 2.27. The minimum atomic E-state index is -0.794. The van der Waals surface area contributed by atoms with E-state index < -0.39 is 11.1 Å². The van der Waals surface area contributed by atoms with Gasteiger partial charge in [0.15, 0.2) is 0 Å². The Morgan fingerprint density at radius 2 is 1.92 bits per heavy atom. The number of nitrogens with one attached hydrogen (secondary N) is 1. The summed E-state index contributed by atoms with van der Waals surface area (Å²) < 4.78 is 7.42. The fraction of sp³-hybridized carbons (Fsp3) is 0.412. The van der Waals surface area contributed by atoms with Crippen LogP contribution in [0.4, 0.5) is 11.6 Å². The van der Waals surface area contributed by atoms with Gasteiger partial charge in [0.25, 0.3) is 0 Å². The maximum atomic E-state index is 12.4. The molecule has 26 heavy (non-hydrogen) atoms. The van der Waals surface area contributed by atoms with Gasteiger partial charge in [0.05, 0.1) is 7.11 Å². The summed E-state index contributed by atoms with van der Waals surface area (Å²) in [5.41, 5.74) is -0.643. The normalized spacial score (nSPS) is 12.8. The lowest BCUT2D eigenvalue weighted by Gasteiger charge is -2.18. The van der Waals surface area contributed by atoms with Gasteiger partial charge in [-0.25, -0.2) is 4.68 Å². The Morgan fingerprint density at radius 1 is 1.19 bits per heavy atom. The minimum absolute atomic E-state index is 0.279. The molecule has 1 N–H and O–H groups in total. The fourth-order valence-electron chi connectivity index (χ4n) is 2.80. The van der Waals surface area contributed by atoms with Gasteiger partial charge in [-0.15, -0.1) is 5.10 Å². The van der Waals surface area contributed by atoms with Crippen molar-refractivity contribution in [2.24, 2.45) is 0 Å². The van der Waals surface area contributed by atoms with E-state index in [9.17, 15) is 14.4 Å². The lowest BCUT2D eigenvalue weighted by molar-refractivity contribution is -0.121. The van der Waals surface area contributed by atoms with Gasteiger partial charge in [0.2, 0.25) is 11.9 Å². The first kappa shape index (κ1) is 17.7. The zero-order chi connectivity index (χ0) is 18.7. The van der Waals surface area contributed by atoms with Crippen molar-refractivity contribution in [3.8, 4) is 5.75 Å². The van der Waals surface area contributed by atoms with Gasteiger partial charge < -0.3 is 15.0 Å². The molecule has 0 spiro atoms. The van der Waals surface area contributed by atoms with Crippen molar-refractivity contribution in [1.29, 1.82) is 0 Å². The van der Waals surface area contributed by atoms with Crippen LogP contribution in [-0.4, -0.2) is 40.5 Å². The fourth-order valence-corrected chi connectivity index (χ4v) is 2.80. The molecule has 9 nitrogen and oxygen atoms in total. The van der Waals surface area contributed by atoms with Crippen LogP contribution in [0.1, 0.15) is 13.3 Å². The number of fused-ring (bicyclic) bond motifs is 1. The number of carbonyl (C=O) groups excluding carboxylic acids is 1. The molecule has 1 aromatic heterocycles. The molecule has 0 radical (unpaired) electrons. The molecule has 1 aromatic carbocycles. The summed E-state index contributed by atoms with van der Waals surface area (Å²) in [5.74, 6) is 0.721. The predicted octanol–water partition coefficient (Wildman–Crippen LogP) is 0.0915. The van der Waals surface area contributed by atoms with Crippen molar-refractivity contribution in [2.45, 2.75) is 26.4 Å². The molecule has 9 heteroatoms. The van der Waals surface area contributed by atoms with E-state index in [1.165, 1.54) is 4.57 Å². The molecule has 1 aliphatic heterocycles. The molecule has 0 unspecified atom stereocenters. The lowest BCUT2D eigenvalue weighted by Crippen LogP contribution is -2.44. The third-order valence-corrected chi connectivity index (χ3v) is 4.15. The largest absolute Gasteiger partial charge is 0.497 e. The van der Waals surface area contributed by atoms with Crippen molar-refractivity contribution in [1.82, 2.24) is 19.7 Å². The van der Waals surface area contributed by atoms with E-state index in [2.05, 4.69) is 10.4 Å². The number of carbonyl (C=O) groups is 1. The first-order chi connectivity index (χ1) is 12.5. The molecule has 0 atom stereocenters. The highest BCUT2D eigenvalue weighted by atomic mass is 16.5. The van der Waals surface area contributed by atoms with Crippen LogP contribution < -0.4 is 26.1 Å². The average molecular weight is 359 g/mol. The van der Waals surface area contributed by atoms with E-state index >= 15 is 0 Å². The molecule has 0 saturated heterocycles. The number of hydrogen-bond acceptors (Lipinski definition) is 6.